The molecule has 0 atom stereocenters. The molecular weight excluding hydrogens is 230 g/mol. The van der Waals surface area contributed by atoms with Crippen molar-refractivity contribution in [3.63, 3.8) is 0 Å². The van der Waals surface area contributed by atoms with Crippen LogP contribution in [0, 0.1) is 19.3 Å². The van der Waals surface area contributed by atoms with Crippen LogP contribution in [0.2, 0.25) is 0 Å². The Morgan fingerprint density at radius 3 is 2.61 bits per heavy atom. The van der Waals surface area contributed by atoms with Crippen molar-refractivity contribution >= 4 is 5.91 Å². The van der Waals surface area contributed by atoms with E-state index in [0.29, 0.717) is 24.3 Å². The molecule has 98 valence electrons. The van der Waals surface area contributed by atoms with Gasteiger partial charge in [-0.15, -0.1) is 0 Å². The van der Waals surface area contributed by atoms with Crippen LogP contribution in [-0.4, -0.2) is 34.1 Å². The number of aromatic nitrogens is 2. The van der Waals surface area contributed by atoms with E-state index < -0.39 is 5.56 Å². The van der Waals surface area contributed by atoms with E-state index >= 15 is 0 Å². The molecule has 1 N–H and O–H groups in total. The summed E-state index contributed by atoms with van der Waals surface area (Å²) < 4.78 is 0. The first-order valence-corrected chi connectivity index (χ1v) is 6.17. The lowest BCUT2D eigenvalue weighted by atomic mass is 9.93. The second-order valence-corrected chi connectivity index (χ2v) is 5.78. The molecule has 0 spiro atoms. The highest BCUT2D eigenvalue weighted by atomic mass is 16.2. The van der Waals surface area contributed by atoms with Gasteiger partial charge >= 0.3 is 0 Å². The molecular formula is C13H19N3O2. The van der Waals surface area contributed by atoms with Gasteiger partial charge in [-0.05, 0) is 31.2 Å². The van der Waals surface area contributed by atoms with E-state index in [1.165, 1.54) is 0 Å². The molecule has 0 aromatic carbocycles. The molecule has 2 heterocycles. The molecule has 1 aromatic heterocycles. The van der Waals surface area contributed by atoms with E-state index in [2.05, 4.69) is 24.0 Å². The van der Waals surface area contributed by atoms with Crippen molar-refractivity contribution in [2.24, 2.45) is 5.41 Å². The Hall–Kier alpha value is -1.65. The Morgan fingerprint density at radius 1 is 1.39 bits per heavy atom. The largest absolute Gasteiger partial charge is 0.338 e. The lowest BCUT2D eigenvalue weighted by Gasteiger charge is -2.20. The predicted molar refractivity (Wildman–Crippen MR) is 68.6 cm³/mol. The summed E-state index contributed by atoms with van der Waals surface area (Å²) in [6, 6.07) is 0. The third-order valence-electron chi connectivity index (χ3n) is 3.65. The van der Waals surface area contributed by atoms with Gasteiger partial charge in [-0.25, -0.2) is 5.10 Å². The van der Waals surface area contributed by atoms with Gasteiger partial charge < -0.3 is 4.90 Å². The van der Waals surface area contributed by atoms with Crippen LogP contribution in [0.15, 0.2) is 4.79 Å². The minimum atomic E-state index is -0.396. The average molecular weight is 249 g/mol. The van der Waals surface area contributed by atoms with Gasteiger partial charge in [0.1, 0.15) is 5.56 Å². The summed E-state index contributed by atoms with van der Waals surface area (Å²) in [5.74, 6) is -0.176. The van der Waals surface area contributed by atoms with Gasteiger partial charge in [0.25, 0.3) is 11.5 Å². The molecule has 1 fully saturated rings. The zero-order valence-corrected chi connectivity index (χ0v) is 11.3. The number of rotatable bonds is 1. The maximum Gasteiger partial charge on any atom is 0.277 e. The number of nitrogens with zero attached hydrogens (tertiary/aromatic N) is 2. The first-order valence-electron chi connectivity index (χ1n) is 6.17. The van der Waals surface area contributed by atoms with E-state index in [1.54, 1.807) is 18.7 Å². The molecule has 5 heteroatoms. The van der Waals surface area contributed by atoms with Gasteiger partial charge in [0, 0.05) is 13.1 Å². The fourth-order valence-corrected chi connectivity index (χ4v) is 2.33. The molecule has 0 bridgehead atoms. The van der Waals surface area contributed by atoms with Crippen LogP contribution >= 0.6 is 0 Å². The number of likely N-dealkylation sites (tertiary alicyclic amines) is 1. The highest BCUT2D eigenvalue weighted by Gasteiger charge is 2.34. The zero-order valence-electron chi connectivity index (χ0n) is 11.3. The molecule has 1 saturated heterocycles. The molecule has 1 aromatic rings. The predicted octanol–water partition coefficient (Wildman–Crippen LogP) is 1.26. The van der Waals surface area contributed by atoms with E-state index in [0.717, 1.165) is 6.42 Å². The molecule has 1 aliphatic rings. The van der Waals surface area contributed by atoms with Gasteiger partial charge in [0.2, 0.25) is 0 Å². The molecule has 1 amide bonds. The molecule has 5 nitrogen and oxygen atoms in total. The monoisotopic (exact) mass is 249 g/mol. The SMILES string of the molecule is Cc1n[nH]c(=O)c(C(=O)N2CCC(C)(C)C2)c1C. The van der Waals surface area contributed by atoms with Crippen LogP contribution in [0.3, 0.4) is 0 Å². The fraction of sp³-hybridized carbons (Fsp3) is 0.615. The van der Waals surface area contributed by atoms with Crippen LogP contribution in [-0.2, 0) is 0 Å². The van der Waals surface area contributed by atoms with Crippen molar-refractivity contribution in [3.05, 3.63) is 27.2 Å². The quantitative estimate of drug-likeness (QED) is 0.814. The number of amides is 1. The van der Waals surface area contributed by atoms with E-state index in [1.807, 2.05) is 0 Å². The molecule has 18 heavy (non-hydrogen) atoms. The highest BCUT2D eigenvalue weighted by molar-refractivity contribution is 5.95. The number of nitrogens with one attached hydrogen (secondary N) is 1. The number of aromatic amines is 1. The standard InChI is InChI=1S/C13H19N3O2/c1-8-9(2)14-15-11(17)10(8)12(18)16-6-5-13(3,4)7-16/h5-7H2,1-4H3,(H,15,17). The number of carbonyl (C=O) groups is 1. The summed E-state index contributed by atoms with van der Waals surface area (Å²) in [5, 5.41) is 6.25. The fourth-order valence-electron chi connectivity index (χ4n) is 2.33. The smallest absolute Gasteiger partial charge is 0.277 e. The van der Waals surface area contributed by atoms with Crippen molar-refractivity contribution in [3.8, 4) is 0 Å². The number of aryl methyl sites for hydroxylation is 1. The Balaban J connectivity index is 2.36. The molecule has 1 aliphatic heterocycles. The van der Waals surface area contributed by atoms with Gasteiger partial charge in [-0.2, -0.15) is 5.10 Å². The van der Waals surface area contributed by atoms with Crippen LogP contribution < -0.4 is 5.56 Å². The van der Waals surface area contributed by atoms with Crippen LogP contribution in [0.1, 0.15) is 41.9 Å². The van der Waals surface area contributed by atoms with Crippen molar-refractivity contribution in [2.75, 3.05) is 13.1 Å². The summed E-state index contributed by atoms with van der Waals surface area (Å²) >= 11 is 0. The van der Waals surface area contributed by atoms with Crippen molar-refractivity contribution < 1.29 is 4.79 Å². The molecule has 0 aliphatic carbocycles. The van der Waals surface area contributed by atoms with E-state index in [4.69, 9.17) is 0 Å². The van der Waals surface area contributed by atoms with Gasteiger partial charge in [0.05, 0.1) is 5.69 Å². The zero-order chi connectivity index (χ0) is 13.5. The van der Waals surface area contributed by atoms with Crippen molar-refractivity contribution in [1.29, 1.82) is 0 Å². The molecule has 0 saturated carbocycles. The number of hydrogen-bond acceptors (Lipinski definition) is 3. The van der Waals surface area contributed by atoms with Crippen molar-refractivity contribution in [2.45, 2.75) is 34.1 Å². The summed E-state index contributed by atoms with van der Waals surface area (Å²) in [5.41, 5.74) is 1.34. The Kier molecular flexibility index (Phi) is 3.00. The van der Waals surface area contributed by atoms with Crippen LogP contribution in [0.4, 0.5) is 0 Å². The Labute approximate surface area is 106 Å². The molecule has 0 unspecified atom stereocenters. The van der Waals surface area contributed by atoms with Gasteiger partial charge in [0.15, 0.2) is 0 Å². The van der Waals surface area contributed by atoms with Crippen LogP contribution in [0.25, 0.3) is 0 Å². The maximum atomic E-state index is 12.4. The highest BCUT2D eigenvalue weighted by Crippen LogP contribution is 2.29. The second-order valence-electron chi connectivity index (χ2n) is 5.78. The van der Waals surface area contributed by atoms with Crippen LogP contribution in [0.5, 0.6) is 0 Å². The molecule has 0 radical (unpaired) electrons. The average Bonchev–Trinajstić information content (AvgIpc) is 2.65. The normalized spacial score (nSPS) is 18.1. The summed E-state index contributed by atoms with van der Waals surface area (Å²) in [6.07, 6.45) is 0.972. The number of hydrogen-bond donors (Lipinski definition) is 1. The minimum absolute atomic E-state index is 0.137. The molecule has 2 rings (SSSR count). The van der Waals surface area contributed by atoms with E-state index in [9.17, 15) is 9.59 Å². The Bertz CT molecular complexity index is 546. The minimum Gasteiger partial charge on any atom is -0.338 e. The van der Waals surface area contributed by atoms with E-state index in [-0.39, 0.29) is 16.9 Å². The maximum absolute atomic E-state index is 12.4. The number of H-pyrrole nitrogens is 1. The third kappa shape index (κ3) is 2.17. The summed E-state index contributed by atoms with van der Waals surface area (Å²) in [7, 11) is 0. The first-order chi connectivity index (χ1) is 8.32. The lowest BCUT2D eigenvalue weighted by molar-refractivity contribution is 0.0775. The summed E-state index contributed by atoms with van der Waals surface area (Å²) in [6.45, 7) is 9.24. The van der Waals surface area contributed by atoms with Crippen molar-refractivity contribution in [1.82, 2.24) is 15.1 Å². The lowest BCUT2D eigenvalue weighted by Crippen LogP contribution is -2.35. The third-order valence-corrected chi connectivity index (χ3v) is 3.65. The van der Waals surface area contributed by atoms with Gasteiger partial charge in [-0.3, -0.25) is 9.59 Å². The number of carbonyl (C=O) groups excluding carboxylic acids is 1. The van der Waals surface area contributed by atoms with Gasteiger partial charge in [-0.1, -0.05) is 13.8 Å². The summed E-state index contributed by atoms with van der Waals surface area (Å²) in [4.78, 5) is 26.0. The second kappa shape index (κ2) is 4.23. The topological polar surface area (TPSA) is 66.1 Å². The first kappa shape index (κ1) is 12.8. The Morgan fingerprint density at radius 2 is 2.06 bits per heavy atom.